The molecular weight excluding hydrogens is 364 g/mol. The Kier molecular flexibility index (Phi) is 5.22. The number of hydrogen-bond acceptors (Lipinski definition) is 4. The first-order valence-electron chi connectivity index (χ1n) is 9.96. The Labute approximate surface area is 170 Å². The third-order valence-electron chi connectivity index (χ3n) is 5.74. The number of nitriles is 1. The van der Waals surface area contributed by atoms with Gasteiger partial charge in [0.25, 0.3) is 0 Å². The second kappa shape index (κ2) is 7.96. The molecule has 0 spiro atoms. The molecule has 2 heterocycles. The maximum atomic E-state index is 13.0. The van der Waals surface area contributed by atoms with Crippen LogP contribution >= 0.6 is 0 Å². The van der Waals surface area contributed by atoms with Crippen molar-refractivity contribution in [3.63, 3.8) is 0 Å². The molecule has 0 aromatic heterocycles. The summed E-state index contributed by atoms with van der Waals surface area (Å²) in [5.41, 5.74) is 3.72. The van der Waals surface area contributed by atoms with Crippen molar-refractivity contribution in [1.29, 1.82) is 5.26 Å². The molecule has 2 saturated heterocycles. The maximum Gasteiger partial charge on any atom is 0.228 e. The lowest BCUT2D eigenvalue weighted by Gasteiger charge is -2.37. The van der Waals surface area contributed by atoms with E-state index in [1.54, 1.807) is 29.2 Å². The Morgan fingerprint density at radius 2 is 1.76 bits per heavy atom. The first-order valence-corrected chi connectivity index (χ1v) is 9.96. The van der Waals surface area contributed by atoms with Gasteiger partial charge in [-0.2, -0.15) is 5.26 Å². The van der Waals surface area contributed by atoms with Gasteiger partial charge in [0.15, 0.2) is 0 Å². The molecular formula is C23H24N4O2. The van der Waals surface area contributed by atoms with Gasteiger partial charge in [-0.05, 0) is 48.9 Å². The van der Waals surface area contributed by atoms with Crippen LogP contribution in [0.25, 0.3) is 0 Å². The molecule has 1 unspecified atom stereocenters. The minimum Gasteiger partial charge on any atom is -0.368 e. The zero-order valence-corrected chi connectivity index (χ0v) is 16.5. The highest BCUT2D eigenvalue weighted by Gasteiger charge is 2.37. The lowest BCUT2D eigenvalue weighted by molar-refractivity contribution is -0.136. The van der Waals surface area contributed by atoms with Crippen molar-refractivity contribution >= 4 is 23.2 Å². The normalized spacial score (nSPS) is 19.4. The van der Waals surface area contributed by atoms with E-state index in [0.29, 0.717) is 25.2 Å². The fourth-order valence-corrected chi connectivity index (χ4v) is 4.11. The van der Waals surface area contributed by atoms with Gasteiger partial charge < -0.3 is 14.7 Å². The van der Waals surface area contributed by atoms with E-state index in [1.165, 1.54) is 11.3 Å². The van der Waals surface area contributed by atoms with Crippen molar-refractivity contribution in [3.8, 4) is 6.07 Å². The number of nitrogens with zero attached hydrogens (tertiary/aromatic N) is 4. The third kappa shape index (κ3) is 3.95. The minimum atomic E-state index is -0.302. The topological polar surface area (TPSA) is 67.7 Å². The number of piperazine rings is 1. The molecule has 0 saturated carbocycles. The van der Waals surface area contributed by atoms with E-state index in [0.717, 1.165) is 18.8 Å². The largest absolute Gasteiger partial charge is 0.368 e. The molecule has 1 atom stereocenters. The van der Waals surface area contributed by atoms with Gasteiger partial charge in [0.2, 0.25) is 11.8 Å². The van der Waals surface area contributed by atoms with Gasteiger partial charge in [0.05, 0.1) is 17.6 Å². The number of aryl methyl sites for hydroxylation is 1. The zero-order valence-electron chi connectivity index (χ0n) is 16.5. The standard InChI is InChI=1S/C23H24N4O2/c1-17-3-2-4-21(13-17)25-9-11-26(12-10-25)23(29)19-14-22(28)27(16-19)20-7-5-18(15-24)6-8-20/h2-8,13,19H,9-12,14,16H2,1H3. The summed E-state index contributed by atoms with van der Waals surface area (Å²) in [6.07, 6.45) is 0.247. The number of rotatable bonds is 3. The van der Waals surface area contributed by atoms with E-state index in [2.05, 4.69) is 42.2 Å². The smallest absolute Gasteiger partial charge is 0.228 e. The number of anilines is 2. The van der Waals surface area contributed by atoms with Crippen molar-refractivity contribution in [2.45, 2.75) is 13.3 Å². The molecule has 2 aromatic rings. The van der Waals surface area contributed by atoms with Gasteiger partial charge in [-0.1, -0.05) is 12.1 Å². The lowest BCUT2D eigenvalue weighted by Crippen LogP contribution is -2.50. The first-order chi connectivity index (χ1) is 14.0. The number of amides is 2. The number of carbonyl (C=O) groups is 2. The van der Waals surface area contributed by atoms with E-state index >= 15 is 0 Å². The monoisotopic (exact) mass is 388 g/mol. The van der Waals surface area contributed by atoms with Crippen LogP contribution in [0.5, 0.6) is 0 Å². The predicted octanol–water partition coefficient (Wildman–Crippen LogP) is 2.57. The SMILES string of the molecule is Cc1cccc(N2CCN(C(=O)C3CC(=O)N(c4ccc(C#N)cc4)C3)CC2)c1. The van der Waals surface area contributed by atoms with E-state index in [9.17, 15) is 9.59 Å². The molecule has 0 radical (unpaired) electrons. The number of carbonyl (C=O) groups excluding carboxylic acids is 2. The van der Waals surface area contributed by atoms with Gasteiger partial charge in [-0.3, -0.25) is 9.59 Å². The Hall–Kier alpha value is -3.33. The van der Waals surface area contributed by atoms with Crippen LogP contribution in [-0.2, 0) is 9.59 Å². The second-order valence-electron chi connectivity index (χ2n) is 7.72. The van der Waals surface area contributed by atoms with Gasteiger partial charge >= 0.3 is 0 Å². The Morgan fingerprint density at radius 1 is 1.03 bits per heavy atom. The molecule has 2 amide bonds. The average molecular weight is 388 g/mol. The van der Waals surface area contributed by atoms with Crippen LogP contribution in [0.2, 0.25) is 0 Å². The molecule has 0 N–H and O–H groups in total. The summed E-state index contributed by atoms with van der Waals surface area (Å²) in [6.45, 7) is 5.44. The fourth-order valence-electron chi connectivity index (χ4n) is 4.11. The molecule has 148 valence electrons. The quantitative estimate of drug-likeness (QED) is 0.811. The molecule has 2 aromatic carbocycles. The highest BCUT2D eigenvalue weighted by Crippen LogP contribution is 2.27. The highest BCUT2D eigenvalue weighted by atomic mass is 16.2. The molecule has 2 fully saturated rings. The van der Waals surface area contributed by atoms with Gasteiger partial charge in [-0.15, -0.1) is 0 Å². The zero-order chi connectivity index (χ0) is 20.4. The van der Waals surface area contributed by atoms with Crippen LogP contribution in [0, 0.1) is 24.2 Å². The van der Waals surface area contributed by atoms with Crippen LogP contribution in [-0.4, -0.2) is 49.4 Å². The molecule has 6 heteroatoms. The summed E-state index contributed by atoms with van der Waals surface area (Å²) in [7, 11) is 0. The molecule has 0 aliphatic carbocycles. The first kappa shape index (κ1) is 19.0. The Balaban J connectivity index is 1.37. The molecule has 2 aliphatic rings. The van der Waals surface area contributed by atoms with E-state index in [-0.39, 0.29) is 24.2 Å². The summed E-state index contributed by atoms with van der Waals surface area (Å²) in [4.78, 5) is 31.3. The van der Waals surface area contributed by atoms with Crippen molar-refractivity contribution in [2.75, 3.05) is 42.5 Å². The van der Waals surface area contributed by atoms with Crippen molar-refractivity contribution < 1.29 is 9.59 Å². The summed E-state index contributed by atoms with van der Waals surface area (Å²) in [5.74, 6) is -0.270. The lowest BCUT2D eigenvalue weighted by atomic mass is 10.1. The molecule has 2 aliphatic heterocycles. The maximum absolute atomic E-state index is 13.0. The van der Waals surface area contributed by atoms with Gasteiger partial charge in [0.1, 0.15) is 0 Å². The van der Waals surface area contributed by atoms with Crippen LogP contribution in [0.3, 0.4) is 0 Å². The summed E-state index contributed by atoms with van der Waals surface area (Å²) in [6, 6.07) is 17.4. The van der Waals surface area contributed by atoms with Crippen molar-refractivity contribution in [1.82, 2.24) is 4.90 Å². The minimum absolute atomic E-state index is 0.0357. The number of hydrogen-bond donors (Lipinski definition) is 0. The second-order valence-corrected chi connectivity index (χ2v) is 7.72. The predicted molar refractivity (Wildman–Crippen MR) is 112 cm³/mol. The van der Waals surface area contributed by atoms with Crippen molar-refractivity contribution in [3.05, 3.63) is 59.7 Å². The van der Waals surface area contributed by atoms with Crippen molar-refractivity contribution in [2.24, 2.45) is 5.92 Å². The van der Waals surface area contributed by atoms with Crippen LogP contribution in [0.15, 0.2) is 48.5 Å². The molecule has 4 rings (SSSR count). The van der Waals surface area contributed by atoms with Gasteiger partial charge in [0, 0.05) is 50.5 Å². The van der Waals surface area contributed by atoms with Gasteiger partial charge in [-0.25, -0.2) is 0 Å². The average Bonchev–Trinajstić information content (AvgIpc) is 3.15. The highest BCUT2D eigenvalue weighted by molar-refractivity contribution is 6.00. The van der Waals surface area contributed by atoms with Crippen LogP contribution < -0.4 is 9.80 Å². The summed E-state index contributed by atoms with van der Waals surface area (Å²) >= 11 is 0. The third-order valence-corrected chi connectivity index (χ3v) is 5.74. The fraction of sp³-hybridized carbons (Fsp3) is 0.348. The van der Waals surface area contributed by atoms with Crippen LogP contribution in [0.1, 0.15) is 17.5 Å². The van der Waals surface area contributed by atoms with E-state index < -0.39 is 0 Å². The molecule has 29 heavy (non-hydrogen) atoms. The number of benzene rings is 2. The molecule has 6 nitrogen and oxygen atoms in total. The summed E-state index contributed by atoms with van der Waals surface area (Å²) < 4.78 is 0. The van der Waals surface area contributed by atoms with E-state index in [1.807, 2.05) is 4.90 Å². The Bertz CT molecular complexity index is 956. The Morgan fingerprint density at radius 3 is 2.41 bits per heavy atom. The van der Waals surface area contributed by atoms with Crippen LogP contribution in [0.4, 0.5) is 11.4 Å². The van der Waals surface area contributed by atoms with E-state index in [4.69, 9.17) is 5.26 Å². The summed E-state index contributed by atoms with van der Waals surface area (Å²) in [5, 5.41) is 8.93. The molecule has 0 bridgehead atoms.